The fraction of sp³-hybridized carbons (Fsp3) is 0.833. The average Bonchev–Trinajstić information content (AvgIpc) is 2.38. The summed E-state index contributed by atoms with van der Waals surface area (Å²) in [6.07, 6.45) is 0.810. The van der Waals surface area contributed by atoms with Crippen LogP contribution < -0.4 is 5.73 Å². The van der Waals surface area contributed by atoms with Gasteiger partial charge in [0.25, 0.3) is 0 Å². The van der Waals surface area contributed by atoms with Gasteiger partial charge in [0.15, 0.2) is 0 Å². The summed E-state index contributed by atoms with van der Waals surface area (Å²) in [6.45, 7) is 7.26. The number of hydrogen-bond donors (Lipinski definition) is 1. The van der Waals surface area contributed by atoms with Crippen molar-refractivity contribution in [1.82, 2.24) is 9.80 Å². The number of nitrogens with two attached hydrogens (primary N) is 1. The maximum absolute atomic E-state index is 12.2. The van der Waals surface area contributed by atoms with E-state index >= 15 is 0 Å². The van der Waals surface area contributed by atoms with Crippen LogP contribution in [0.3, 0.4) is 0 Å². The molecule has 2 N–H and O–H groups in total. The molecule has 0 aromatic heterocycles. The summed E-state index contributed by atoms with van der Waals surface area (Å²) in [7, 11) is 1.76. The highest BCUT2D eigenvalue weighted by Crippen LogP contribution is 2.19. The molecule has 5 heteroatoms. The minimum absolute atomic E-state index is 0.0167. The van der Waals surface area contributed by atoms with E-state index in [2.05, 4.69) is 0 Å². The van der Waals surface area contributed by atoms with Gasteiger partial charge in [0.2, 0.25) is 11.8 Å². The second kappa shape index (κ2) is 5.04. The number of rotatable bonds is 1. The van der Waals surface area contributed by atoms with E-state index in [0.717, 1.165) is 6.42 Å². The van der Waals surface area contributed by atoms with Crippen molar-refractivity contribution >= 4 is 11.8 Å². The van der Waals surface area contributed by atoms with Gasteiger partial charge in [-0.3, -0.25) is 9.59 Å². The lowest BCUT2D eigenvalue weighted by Gasteiger charge is -2.31. The van der Waals surface area contributed by atoms with Crippen molar-refractivity contribution in [3.05, 3.63) is 0 Å². The fourth-order valence-electron chi connectivity index (χ4n) is 1.74. The van der Waals surface area contributed by atoms with E-state index < -0.39 is 6.04 Å². The van der Waals surface area contributed by atoms with Gasteiger partial charge in [0.05, 0.1) is 12.6 Å². The van der Waals surface area contributed by atoms with E-state index in [1.165, 1.54) is 0 Å². The highest BCUT2D eigenvalue weighted by molar-refractivity contribution is 5.88. The lowest BCUT2D eigenvalue weighted by atomic mass is 9.86. The van der Waals surface area contributed by atoms with Gasteiger partial charge in [-0.25, -0.2) is 0 Å². The zero-order valence-electron chi connectivity index (χ0n) is 11.2. The predicted octanol–water partition coefficient (Wildman–Crippen LogP) is 0.0505. The summed E-state index contributed by atoms with van der Waals surface area (Å²) in [5.41, 5.74) is 5.66. The largest absolute Gasteiger partial charge is 0.344 e. The Hall–Kier alpha value is -1.10. The molecule has 0 aliphatic carbocycles. The molecule has 1 rings (SSSR count). The molecule has 1 heterocycles. The third-order valence-electron chi connectivity index (χ3n) is 3.18. The van der Waals surface area contributed by atoms with Crippen LogP contribution in [0.5, 0.6) is 0 Å². The average molecular weight is 241 g/mol. The van der Waals surface area contributed by atoms with Crippen molar-refractivity contribution in [2.45, 2.75) is 33.2 Å². The Morgan fingerprint density at radius 3 is 2.47 bits per heavy atom. The lowest BCUT2D eigenvalue weighted by Crippen LogP contribution is -2.51. The van der Waals surface area contributed by atoms with Gasteiger partial charge in [0.1, 0.15) is 0 Å². The molecule has 0 bridgehead atoms. The SMILES string of the molecule is CN1CCCN(C(=O)[C@@H](N)C(C)(C)C)CC1=O. The van der Waals surface area contributed by atoms with Crippen LogP contribution in [0, 0.1) is 5.41 Å². The number of amides is 2. The Bertz CT molecular complexity index is 309. The van der Waals surface area contributed by atoms with E-state index in [1.807, 2.05) is 20.8 Å². The molecule has 0 radical (unpaired) electrons. The summed E-state index contributed by atoms with van der Waals surface area (Å²) >= 11 is 0. The number of carbonyl (C=O) groups excluding carboxylic acids is 2. The second-order valence-corrected chi connectivity index (χ2v) is 5.77. The lowest BCUT2D eigenvalue weighted by molar-refractivity contribution is -0.140. The summed E-state index contributed by atoms with van der Waals surface area (Å²) in [5.74, 6) is -0.141. The molecule has 0 aromatic rings. The van der Waals surface area contributed by atoms with Crippen LogP contribution in [-0.2, 0) is 9.59 Å². The smallest absolute Gasteiger partial charge is 0.241 e. The van der Waals surface area contributed by atoms with Crippen molar-refractivity contribution in [1.29, 1.82) is 0 Å². The van der Waals surface area contributed by atoms with E-state index in [0.29, 0.717) is 13.1 Å². The molecule has 1 fully saturated rings. The molecule has 0 unspecified atom stereocenters. The standard InChI is InChI=1S/C12H23N3O2/c1-12(2,3)10(13)11(17)15-7-5-6-14(4)9(16)8-15/h10H,5-8,13H2,1-4H3/t10-/m1/s1. The third-order valence-corrected chi connectivity index (χ3v) is 3.18. The van der Waals surface area contributed by atoms with Gasteiger partial charge in [-0.05, 0) is 11.8 Å². The van der Waals surface area contributed by atoms with Crippen molar-refractivity contribution in [2.24, 2.45) is 11.1 Å². The maximum atomic E-state index is 12.2. The van der Waals surface area contributed by atoms with Gasteiger partial charge >= 0.3 is 0 Å². The minimum atomic E-state index is -0.557. The molecular weight excluding hydrogens is 218 g/mol. The molecule has 5 nitrogen and oxygen atoms in total. The van der Waals surface area contributed by atoms with Crippen LogP contribution in [0.25, 0.3) is 0 Å². The number of nitrogens with zero attached hydrogens (tertiary/aromatic N) is 2. The summed E-state index contributed by atoms with van der Waals surface area (Å²) in [6, 6.07) is -0.557. The monoisotopic (exact) mass is 241 g/mol. The van der Waals surface area contributed by atoms with Gasteiger partial charge in [-0.1, -0.05) is 20.8 Å². The quantitative estimate of drug-likeness (QED) is 0.705. The first-order chi connectivity index (χ1) is 7.73. The zero-order valence-corrected chi connectivity index (χ0v) is 11.2. The van der Waals surface area contributed by atoms with Crippen LogP contribution in [0.2, 0.25) is 0 Å². The van der Waals surface area contributed by atoms with Gasteiger partial charge in [0, 0.05) is 20.1 Å². The first-order valence-electron chi connectivity index (χ1n) is 6.02. The minimum Gasteiger partial charge on any atom is -0.344 e. The summed E-state index contributed by atoms with van der Waals surface area (Å²) in [4.78, 5) is 27.1. The first-order valence-corrected chi connectivity index (χ1v) is 6.02. The van der Waals surface area contributed by atoms with Crippen molar-refractivity contribution in [3.8, 4) is 0 Å². The topological polar surface area (TPSA) is 66.6 Å². The fourth-order valence-corrected chi connectivity index (χ4v) is 1.74. The summed E-state index contributed by atoms with van der Waals surface area (Å²) in [5, 5.41) is 0. The number of likely N-dealkylation sites (N-methyl/N-ethyl adjacent to an activating group) is 1. The Kier molecular flexibility index (Phi) is 4.14. The van der Waals surface area contributed by atoms with Crippen molar-refractivity contribution < 1.29 is 9.59 Å². The van der Waals surface area contributed by atoms with Crippen molar-refractivity contribution in [3.63, 3.8) is 0 Å². The molecule has 1 aliphatic heterocycles. The predicted molar refractivity (Wildman–Crippen MR) is 66.3 cm³/mol. The maximum Gasteiger partial charge on any atom is 0.241 e. The van der Waals surface area contributed by atoms with E-state index in [4.69, 9.17) is 5.73 Å². The molecule has 1 saturated heterocycles. The van der Waals surface area contributed by atoms with Crippen LogP contribution in [-0.4, -0.2) is 54.3 Å². The van der Waals surface area contributed by atoms with Gasteiger partial charge < -0.3 is 15.5 Å². The van der Waals surface area contributed by atoms with E-state index in [9.17, 15) is 9.59 Å². The first kappa shape index (κ1) is 14.0. The molecule has 2 amide bonds. The summed E-state index contributed by atoms with van der Waals surface area (Å²) < 4.78 is 0. The highest BCUT2D eigenvalue weighted by Gasteiger charge is 2.33. The van der Waals surface area contributed by atoms with Gasteiger partial charge in [-0.2, -0.15) is 0 Å². The molecule has 1 aliphatic rings. The molecule has 0 spiro atoms. The van der Waals surface area contributed by atoms with E-state index in [1.54, 1.807) is 16.8 Å². The van der Waals surface area contributed by atoms with Crippen molar-refractivity contribution in [2.75, 3.05) is 26.7 Å². The molecule has 0 aromatic carbocycles. The number of hydrogen-bond acceptors (Lipinski definition) is 3. The second-order valence-electron chi connectivity index (χ2n) is 5.77. The van der Waals surface area contributed by atoms with Crippen LogP contribution in [0.4, 0.5) is 0 Å². The van der Waals surface area contributed by atoms with E-state index in [-0.39, 0.29) is 23.8 Å². The van der Waals surface area contributed by atoms with Crippen LogP contribution in [0.15, 0.2) is 0 Å². The van der Waals surface area contributed by atoms with Crippen LogP contribution >= 0.6 is 0 Å². The molecule has 17 heavy (non-hydrogen) atoms. The van der Waals surface area contributed by atoms with Gasteiger partial charge in [-0.15, -0.1) is 0 Å². The number of carbonyl (C=O) groups is 2. The van der Waals surface area contributed by atoms with Crippen LogP contribution in [0.1, 0.15) is 27.2 Å². The molecule has 98 valence electrons. The normalized spacial score (nSPS) is 20.2. The Labute approximate surface area is 103 Å². The molecule has 1 atom stereocenters. The Balaban J connectivity index is 2.72. The molecular formula is C12H23N3O2. The zero-order chi connectivity index (χ0) is 13.2. The highest BCUT2D eigenvalue weighted by atomic mass is 16.2. The molecule has 0 saturated carbocycles. The Morgan fingerprint density at radius 2 is 1.94 bits per heavy atom. The third kappa shape index (κ3) is 3.43. The Morgan fingerprint density at radius 1 is 1.35 bits per heavy atom.